The Bertz CT molecular complexity index is 452. The van der Waals surface area contributed by atoms with Gasteiger partial charge in [-0.2, -0.15) is 13.2 Å². The minimum atomic E-state index is -4.25. The van der Waals surface area contributed by atoms with E-state index < -0.39 is 12.7 Å². The molecule has 0 aromatic heterocycles. The first-order chi connectivity index (χ1) is 10.5. The fourth-order valence-electron chi connectivity index (χ4n) is 2.67. The molecule has 0 spiro atoms. The molecular formula is C15H24F3N3O2. The van der Waals surface area contributed by atoms with Gasteiger partial charge in [-0.1, -0.05) is 20.4 Å². The SMILES string of the molecule is C=CC(=O)N(C)CC(=O)N1CCN(CC(F)(F)F)CC1C(C)C. The molecule has 1 atom stereocenters. The number of piperazine rings is 1. The van der Waals surface area contributed by atoms with Crippen molar-refractivity contribution in [3.8, 4) is 0 Å². The molecule has 0 aromatic rings. The van der Waals surface area contributed by atoms with Gasteiger partial charge in [-0.25, -0.2) is 0 Å². The molecule has 1 saturated heterocycles. The first-order valence-electron chi connectivity index (χ1n) is 7.51. The van der Waals surface area contributed by atoms with Gasteiger partial charge in [0.15, 0.2) is 0 Å². The summed E-state index contributed by atoms with van der Waals surface area (Å²) in [6.45, 7) is 6.63. The maximum atomic E-state index is 12.5. The summed E-state index contributed by atoms with van der Waals surface area (Å²) in [5, 5.41) is 0. The quantitative estimate of drug-likeness (QED) is 0.713. The van der Waals surface area contributed by atoms with E-state index in [1.54, 1.807) is 4.90 Å². The molecule has 1 aliphatic rings. The van der Waals surface area contributed by atoms with Crippen molar-refractivity contribution in [2.24, 2.45) is 5.92 Å². The van der Waals surface area contributed by atoms with Crippen molar-refractivity contribution in [1.29, 1.82) is 0 Å². The molecule has 5 nitrogen and oxygen atoms in total. The summed E-state index contributed by atoms with van der Waals surface area (Å²) in [6, 6.07) is -0.300. The lowest BCUT2D eigenvalue weighted by Gasteiger charge is -2.44. The standard InChI is InChI=1S/C15H24F3N3O2/c1-5-13(22)19(4)9-14(23)21-7-6-20(10-15(16,17)18)8-12(21)11(2)3/h5,11-12H,1,6-10H2,2-4H3. The van der Waals surface area contributed by atoms with Gasteiger partial charge in [0.1, 0.15) is 0 Å². The Morgan fingerprint density at radius 3 is 2.43 bits per heavy atom. The highest BCUT2D eigenvalue weighted by molar-refractivity contribution is 5.90. The number of amides is 2. The molecule has 0 saturated carbocycles. The molecule has 1 fully saturated rings. The molecule has 0 bridgehead atoms. The molecule has 1 heterocycles. The second-order valence-corrected chi connectivity index (χ2v) is 6.15. The van der Waals surface area contributed by atoms with Gasteiger partial charge in [0.25, 0.3) is 0 Å². The molecule has 0 N–H and O–H groups in total. The van der Waals surface area contributed by atoms with Crippen LogP contribution < -0.4 is 0 Å². The molecule has 1 rings (SSSR count). The van der Waals surface area contributed by atoms with Crippen LogP contribution in [0.4, 0.5) is 13.2 Å². The van der Waals surface area contributed by atoms with E-state index in [4.69, 9.17) is 0 Å². The zero-order valence-corrected chi connectivity index (χ0v) is 13.8. The summed E-state index contributed by atoms with van der Waals surface area (Å²) in [4.78, 5) is 28.0. The van der Waals surface area contributed by atoms with Crippen molar-refractivity contribution >= 4 is 11.8 Å². The van der Waals surface area contributed by atoms with Gasteiger partial charge in [0, 0.05) is 32.7 Å². The van der Waals surface area contributed by atoms with Crippen LogP contribution in [0.3, 0.4) is 0 Å². The summed E-state index contributed by atoms with van der Waals surface area (Å²) in [6.07, 6.45) is -3.13. The number of hydrogen-bond donors (Lipinski definition) is 0. The van der Waals surface area contributed by atoms with Gasteiger partial charge in [0.05, 0.1) is 13.1 Å². The zero-order chi connectivity index (χ0) is 17.8. The Hall–Kier alpha value is -1.57. The predicted molar refractivity (Wildman–Crippen MR) is 80.7 cm³/mol. The smallest absolute Gasteiger partial charge is 0.335 e. The summed E-state index contributed by atoms with van der Waals surface area (Å²) < 4.78 is 37.6. The first-order valence-corrected chi connectivity index (χ1v) is 7.51. The average Bonchev–Trinajstić information content (AvgIpc) is 2.44. The molecule has 23 heavy (non-hydrogen) atoms. The van der Waals surface area contributed by atoms with Crippen molar-refractivity contribution < 1.29 is 22.8 Å². The fraction of sp³-hybridized carbons (Fsp3) is 0.733. The van der Waals surface area contributed by atoms with Crippen LogP contribution in [0.15, 0.2) is 12.7 Å². The minimum absolute atomic E-state index is 0.0235. The van der Waals surface area contributed by atoms with E-state index in [9.17, 15) is 22.8 Å². The highest BCUT2D eigenvalue weighted by Gasteiger charge is 2.37. The van der Waals surface area contributed by atoms with E-state index in [0.29, 0.717) is 0 Å². The number of nitrogens with zero attached hydrogens (tertiary/aromatic N) is 3. The van der Waals surface area contributed by atoms with Gasteiger partial charge < -0.3 is 9.80 Å². The van der Waals surface area contributed by atoms with Gasteiger partial charge in [-0.15, -0.1) is 0 Å². The molecule has 0 aromatic carbocycles. The van der Waals surface area contributed by atoms with Crippen molar-refractivity contribution in [3.63, 3.8) is 0 Å². The van der Waals surface area contributed by atoms with Crippen molar-refractivity contribution in [2.75, 3.05) is 39.8 Å². The molecule has 0 aliphatic carbocycles. The van der Waals surface area contributed by atoms with Crippen LogP contribution in [0.5, 0.6) is 0 Å². The summed E-state index contributed by atoms with van der Waals surface area (Å²) in [7, 11) is 1.49. The summed E-state index contributed by atoms with van der Waals surface area (Å²) in [5.74, 6) is -0.599. The number of rotatable bonds is 5. The third kappa shape index (κ3) is 5.85. The number of likely N-dealkylation sites (N-methyl/N-ethyl adjacent to an activating group) is 1. The van der Waals surface area contributed by atoms with Gasteiger partial charge >= 0.3 is 6.18 Å². The topological polar surface area (TPSA) is 43.9 Å². The van der Waals surface area contributed by atoms with Crippen LogP contribution >= 0.6 is 0 Å². The molecule has 1 aliphatic heterocycles. The third-order valence-electron chi connectivity index (χ3n) is 3.92. The Labute approximate surface area is 134 Å². The highest BCUT2D eigenvalue weighted by atomic mass is 19.4. The average molecular weight is 335 g/mol. The molecule has 8 heteroatoms. The highest BCUT2D eigenvalue weighted by Crippen LogP contribution is 2.22. The van der Waals surface area contributed by atoms with Crippen molar-refractivity contribution in [1.82, 2.24) is 14.7 Å². The lowest BCUT2D eigenvalue weighted by molar-refractivity contribution is -0.157. The Morgan fingerprint density at radius 2 is 1.96 bits per heavy atom. The second kappa shape index (κ2) is 7.81. The molecule has 2 amide bonds. The largest absolute Gasteiger partial charge is 0.401 e. The van der Waals surface area contributed by atoms with E-state index >= 15 is 0 Å². The lowest BCUT2D eigenvalue weighted by Crippen LogP contribution is -2.59. The van der Waals surface area contributed by atoms with Crippen LogP contribution in [0.2, 0.25) is 0 Å². The number of carbonyl (C=O) groups excluding carboxylic acids is 2. The van der Waals surface area contributed by atoms with Gasteiger partial charge in [0.2, 0.25) is 11.8 Å². The van der Waals surface area contributed by atoms with E-state index in [1.165, 1.54) is 16.8 Å². The van der Waals surface area contributed by atoms with Crippen LogP contribution in [0, 0.1) is 5.92 Å². The molecule has 1 unspecified atom stereocenters. The number of halogens is 3. The second-order valence-electron chi connectivity index (χ2n) is 6.15. The fourth-order valence-corrected chi connectivity index (χ4v) is 2.67. The van der Waals surface area contributed by atoms with E-state index in [1.807, 2.05) is 13.8 Å². The van der Waals surface area contributed by atoms with Crippen LogP contribution in [0.1, 0.15) is 13.8 Å². The normalized spacial score (nSPS) is 19.8. The van der Waals surface area contributed by atoms with Crippen LogP contribution in [-0.4, -0.2) is 78.5 Å². The van der Waals surface area contributed by atoms with Gasteiger partial charge in [-0.3, -0.25) is 14.5 Å². The monoisotopic (exact) mass is 335 g/mol. The summed E-state index contributed by atoms with van der Waals surface area (Å²) >= 11 is 0. The Morgan fingerprint density at radius 1 is 1.35 bits per heavy atom. The maximum Gasteiger partial charge on any atom is 0.401 e. The number of carbonyl (C=O) groups is 2. The van der Waals surface area contributed by atoms with Crippen molar-refractivity contribution in [2.45, 2.75) is 26.1 Å². The van der Waals surface area contributed by atoms with Gasteiger partial charge in [-0.05, 0) is 12.0 Å². The minimum Gasteiger partial charge on any atom is -0.335 e. The Kier molecular flexibility index (Phi) is 6.61. The van der Waals surface area contributed by atoms with E-state index in [-0.39, 0.29) is 50.0 Å². The van der Waals surface area contributed by atoms with E-state index in [2.05, 4.69) is 6.58 Å². The maximum absolute atomic E-state index is 12.5. The lowest BCUT2D eigenvalue weighted by atomic mass is 9.99. The van der Waals surface area contributed by atoms with Crippen LogP contribution in [-0.2, 0) is 9.59 Å². The first kappa shape index (κ1) is 19.5. The third-order valence-corrected chi connectivity index (χ3v) is 3.92. The zero-order valence-electron chi connectivity index (χ0n) is 13.8. The number of hydrogen-bond acceptors (Lipinski definition) is 3. The predicted octanol–water partition coefficient (Wildman–Crippen LogP) is 1.36. The number of alkyl halides is 3. The molecule has 0 radical (unpaired) electrons. The summed E-state index contributed by atoms with van der Waals surface area (Å²) in [5.41, 5.74) is 0. The van der Waals surface area contributed by atoms with E-state index in [0.717, 1.165) is 6.08 Å². The molecular weight excluding hydrogens is 311 g/mol. The van der Waals surface area contributed by atoms with Crippen molar-refractivity contribution in [3.05, 3.63) is 12.7 Å². The Balaban J connectivity index is 2.73. The van der Waals surface area contributed by atoms with Crippen LogP contribution in [0.25, 0.3) is 0 Å². The molecule has 132 valence electrons.